The number of carbonyl (C=O) groups excluding carboxylic acids is 1. The number of aryl methyl sites for hydroxylation is 2. The molecule has 0 saturated heterocycles. The van der Waals surface area contributed by atoms with Gasteiger partial charge in [0.2, 0.25) is 5.91 Å². The number of hydrogen-bond donors (Lipinski definition) is 1. The van der Waals surface area contributed by atoms with Crippen LogP contribution in [0.5, 0.6) is 0 Å². The quantitative estimate of drug-likeness (QED) is 0.419. The lowest BCUT2D eigenvalue weighted by molar-refractivity contribution is -0.389. The Labute approximate surface area is 180 Å². The minimum absolute atomic E-state index is 0.0409. The summed E-state index contributed by atoms with van der Waals surface area (Å²) in [5.74, 6) is -0.420. The summed E-state index contributed by atoms with van der Waals surface area (Å²) in [6, 6.07) is 6.53. The number of amides is 1. The number of nitro groups is 1. The molecule has 9 nitrogen and oxygen atoms in total. The lowest BCUT2D eigenvalue weighted by atomic mass is 10.2. The molecule has 0 aliphatic carbocycles. The maximum absolute atomic E-state index is 12.2. The van der Waals surface area contributed by atoms with Crippen LogP contribution in [0.15, 0.2) is 30.5 Å². The Morgan fingerprint density at radius 1 is 1.21 bits per heavy atom. The Bertz CT molecular complexity index is 1060. The molecule has 0 spiro atoms. The van der Waals surface area contributed by atoms with Crippen molar-refractivity contribution >= 4 is 52.3 Å². The third kappa shape index (κ3) is 5.06. The van der Waals surface area contributed by atoms with E-state index in [0.717, 1.165) is 0 Å². The lowest BCUT2D eigenvalue weighted by Gasteiger charge is -2.07. The summed E-state index contributed by atoms with van der Waals surface area (Å²) in [5.41, 5.74) is 1.27. The van der Waals surface area contributed by atoms with Gasteiger partial charge in [0, 0.05) is 28.2 Å². The van der Waals surface area contributed by atoms with Crippen molar-refractivity contribution < 1.29 is 9.72 Å². The van der Waals surface area contributed by atoms with Crippen molar-refractivity contribution in [3.63, 3.8) is 0 Å². The molecule has 0 aliphatic heterocycles. The van der Waals surface area contributed by atoms with Gasteiger partial charge in [-0.1, -0.05) is 40.9 Å². The highest BCUT2D eigenvalue weighted by atomic mass is 35.5. The van der Waals surface area contributed by atoms with Crippen LogP contribution in [0.25, 0.3) is 0 Å². The zero-order valence-electron chi connectivity index (χ0n) is 15.1. The van der Waals surface area contributed by atoms with Crippen molar-refractivity contribution in [2.45, 2.75) is 26.4 Å². The lowest BCUT2D eigenvalue weighted by Crippen LogP contribution is -2.16. The number of nitrogens with zero attached hydrogens (tertiary/aromatic N) is 5. The molecule has 29 heavy (non-hydrogen) atoms. The summed E-state index contributed by atoms with van der Waals surface area (Å²) in [6.45, 7) is 2.14. The van der Waals surface area contributed by atoms with Crippen LogP contribution in [0, 0.1) is 17.0 Å². The standard InChI is InChI=1S/C17H15Cl3N6O3/c1-10-7-15(26(28)29)22-25(10)6-5-16(27)21-17-14(20)9-24(23-17)8-11-12(18)3-2-4-13(11)19/h2-4,7,9H,5-6,8H2,1H3,(H,21,23,27). The summed E-state index contributed by atoms with van der Waals surface area (Å²) in [4.78, 5) is 22.4. The van der Waals surface area contributed by atoms with E-state index in [1.165, 1.54) is 15.4 Å². The molecule has 0 fully saturated rings. The van der Waals surface area contributed by atoms with Crippen molar-refractivity contribution in [2.75, 3.05) is 5.32 Å². The summed E-state index contributed by atoms with van der Waals surface area (Å²) < 4.78 is 2.92. The van der Waals surface area contributed by atoms with Gasteiger partial charge in [0.25, 0.3) is 0 Å². The van der Waals surface area contributed by atoms with Gasteiger partial charge in [-0.2, -0.15) is 9.78 Å². The second-order valence-electron chi connectivity index (χ2n) is 6.15. The molecule has 0 radical (unpaired) electrons. The molecule has 0 aliphatic rings. The topological polar surface area (TPSA) is 108 Å². The number of rotatable bonds is 7. The number of nitrogens with one attached hydrogen (secondary N) is 1. The molecule has 0 bridgehead atoms. The Morgan fingerprint density at radius 2 is 1.90 bits per heavy atom. The molecule has 12 heteroatoms. The summed E-state index contributed by atoms with van der Waals surface area (Å²) >= 11 is 18.5. The number of benzene rings is 1. The number of hydrogen-bond acceptors (Lipinski definition) is 5. The van der Waals surface area contributed by atoms with Gasteiger partial charge >= 0.3 is 5.82 Å². The monoisotopic (exact) mass is 456 g/mol. The van der Waals surface area contributed by atoms with E-state index in [9.17, 15) is 14.9 Å². The van der Waals surface area contributed by atoms with Gasteiger partial charge in [-0.25, -0.2) is 0 Å². The van der Waals surface area contributed by atoms with Crippen LogP contribution in [-0.4, -0.2) is 30.4 Å². The number of anilines is 1. The second kappa shape index (κ2) is 8.81. The van der Waals surface area contributed by atoms with E-state index in [1.807, 2.05) is 0 Å². The maximum atomic E-state index is 12.2. The third-order valence-corrected chi connectivity index (χ3v) is 5.05. The predicted molar refractivity (Wildman–Crippen MR) is 110 cm³/mol. The summed E-state index contributed by atoms with van der Waals surface area (Å²) in [5, 5.41) is 22.7. The van der Waals surface area contributed by atoms with E-state index < -0.39 is 4.92 Å². The second-order valence-corrected chi connectivity index (χ2v) is 7.37. The largest absolute Gasteiger partial charge is 0.390 e. The van der Waals surface area contributed by atoms with Gasteiger partial charge in [-0.15, -0.1) is 0 Å². The molecule has 1 N–H and O–H groups in total. The van der Waals surface area contributed by atoms with Gasteiger partial charge in [0.15, 0.2) is 5.82 Å². The van der Waals surface area contributed by atoms with E-state index in [4.69, 9.17) is 34.8 Å². The van der Waals surface area contributed by atoms with Crippen LogP contribution >= 0.6 is 34.8 Å². The predicted octanol–water partition coefficient (Wildman–Crippen LogP) is 4.33. The zero-order valence-corrected chi connectivity index (χ0v) is 17.4. The Morgan fingerprint density at radius 3 is 2.52 bits per heavy atom. The van der Waals surface area contributed by atoms with Crippen molar-refractivity contribution in [3.05, 3.63) is 66.9 Å². The molecule has 0 saturated carbocycles. The summed E-state index contributed by atoms with van der Waals surface area (Å²) in [7, 11) is 0. The Balaban J connectivity index is 1.63. The maximum Gasteiger partial charge on any atom is 0.390 e. The molecule has 0 atom stereocenters. The smallest absolute Gasteiger partial charge is 0.358 e. The Kier molecular flexibility index (Phi) is 6.41. The minimum atomic E-state index is -0.582. The molecule has 1 aromatic carbocycles. The average molecular weight is 458 g/mol. The number of aromatic nitrogens is 4. The minimum Gasteiger partial charge on any atom is -0.358 e. The zero-order chi connectivity index (χ0) is 21.1. The van der Waals surface area contributed by atoms with Crippen LogP contribution in [0.1, 0.15) is 17.7 Å². The molecule has 1 amide bonds. The molecular weight excluding hydrogens is 443 g/mol. The Hall–Kier alpha value is -2.62. The van der Waals surface area contributed by atoms with Crippen molar-refractivity contribution in [1.29, 1.82) is 0 Å². The van der Waals surface area contributed by atoms with Crippen LogP contribution in [0.2, 0.25) is 15.1 Å². The molecule has 3 rings (SSSR count). The van der Waals surface area contributed by atoms with E-state index in [-0.39, 0.29) is 42.1 Å². The van der Waals surface area contributed by atoms with E-state index in [1.54, 1.807) is 31.3 Å². The van der Waals surface area contributed by atoms with Crippen molar-refractivity contribution in [1.82, 2.24) is 19.6 Å². The van der Waals surface area contributed by atoms with Gasteiger partial charge in [-0.05, 0) is 24.0 Å². The SMILES string of the molecule is Cc1cc([N+](=O)[O-])nn1CCC(=O)Nc1nn(Cc2c(Cl)cccc2Cl)cc1Cl. The van der Waals surface area contributed by atoms with Crippen LogP contribution < -0.4 is 5.32 Å². The van der Waals surface area contributed by atoms with Gasteiger partial charge in [-0.3, -0.25) is 9.48 Å². The van der Waals surface area contributed by atoms with Gasteiger partial charge < -0.3 is 15.4 Å². The van der Waals surface area contributed by atoms with E-state index in [0.29, 0.717) is 21.3 Å². The first-order valence-electron chi connectivity index (χ1n) is 8.39. The fraction of sp³-hybridized carbons (Fsp3) is 0.235. The van der Waals surface area contributed by atoms with Crippen LogP contribution in [-0.2, 0) is 17.9 Å². The molecule has 2 heterocycles. The first-order valence-corrected chi connectivity index (χ1v) is 9.52. The molecule has 3 aromatic rings. The first-order chi connectivity index (χ1) is 13.7. The highest BCUT2D eigenvalue weighted by Gasteiger charge is 2.17. The fourth-order valence-corrected chi connectivity index (χ4v) is 3.33. The first kappa shape index (κ1) is 21.1. The van der Waals surface area contributed by atoms with E-state index in [2.05, 4.69) is 15.5 Å². The van der Waals surface area contributed by atoms with E-state index >= 15 is 0 Å². The van der Waals surface area contributed by atoms with Crippen molar-refractivity contribution in [2.24, 2.45) is 0 Å². The fourth-order valence-electron chi connectivity index (χ4n) is 2.62. The summed E-state index contributed by atoms with van der Waals surface area (Å²) in [6.07, 6.45) is 1.59. The number of halogens is 3. The normalized spacial score (nSPS) is 10.9. The van der Waals surface area contributed by atoms with Gasteiger partial charge in [0.05, 0.1) is 29.9 Å². The molecular formula is C17H15Cl3N6O3. The third-order valence-electron chi connectivity index (χ3n) is 4.06. The van der Waals surface area contributed by atoms with Crippen molar-refractivity contribution in [3.8, 4) is 0 Å². The molecule has 152 valence electrons. The highest BCUT2D eigenvalue weighted by Crippen LogP contribution is 2.27. The molecule has 2 aromatic heterocycles. The number of carbonyl (C=O) groups is 1. The van der Waals surface area contributed by atoms with Crippen LogP contribution in [0.4, 0.5) is 11.6 Å². The van der Waals surface area contributed by atoms with Crippen LogP contribution in [0.3, 0.4) is 0 Å². The highest BCUT2D eigenvalue weighted by molar-refractivity contribution is 6.36. The molecule has 0 unspecified atom stereocenters. The van der Waals surface area contributed by atoms with Gasteiger partial charge in [0.1, 0.15) is 5.02 Å². The average Bonchev–Trinajstić information content (AvgIpc) is 3.19.